The van der Waals surface area contributed by atoms with Gasteiger partial charge in [-0.25, -0.2) is 0 Å². The fourth-order valence-electron chi connectivity index (χ4n) is 1.77. The first-order valence-corrected chi connectivity index (χ1v) is 7.26. The summed E-state index contributed by atoms with van der Waals surface area (Å²) in [5.74, 6) is 0. The van der Waals surface area contributed by atoms with Crippen molar-refractivity contribution in [3.8, 4) is 22.8 Å². The van der Waals surface area contributed by atoms with Crippen LogP contribution in [-0.2, 0) is 31.0 Å². The van der Waals surface area contributed by atoms with Crippen molar-refractivity contribution in [2.24, 2.45) is 0 Å². The molecular formula is C19H12MnN6NaO3-. The topological polar surface area (TPSA) is 139 Å². The van der Waals surface area contributed by atoms with Gasteiger partial charge in [-0.1, -0.05) is 35.7 Å². The van der Waals surface area contributed by atoms with Gasteiger partial charge >= 0.3 is 63.5 Å². The molecule has 0 spiro atoms. The van der Waals surface area contributed by atoms with Gasteiger partial charge in [-0.2, -0.15) is 0 Å². The quantitative estimate of drug-likeness (QED) is 0.220. The summed E-state index contributed by atoms with van der Waals surface area (Å²) < 4.78 is 22.5. The molecule has 0 fully saturated rings. The van der Waals surface area contributed by atoms with Gasteiger partial charge in [0.05, 0.1) is 0 Å². The van der Waals surface area contributed by atoms with Crippen molar-refractivity contribution >= 4 is 0 Å². The molecule has 0 atom stereocenters. The van der Waals surface area contributed by atoms with Gasteiger partial charge in [0, 0.05) is 53.2 Å². The first-order chi connectivity index (χ1) is 13.9. The minimum absolute atomic E-state index is 0. The molecular weight excluding hydrogens is 438 g/mol. The molecule has 4 heterocycles. The molecule has 0 N–H and O–H groups in total. The van der Waals surface area contributed by atoms with Gasteiger partial charge in [0.2, 0.25) is 0 Å². The summed E-state index contributed by atoms with van der Waals surface area (Å²) in [6, 6.07) is 15.1. The Morgan fingerprint density at radius 3 is 1.17 bits per heavy atom. The Kier molecular flexibility index (Phi) is 24.4. The van der Waals surface area contributed by atoms with Crippen molar-refractivity contribution in [1.29, 1.82) is 0 Å². The number of pyridine rings is 2. The Bertz CT molecular complexity index is 831. The predicted molar refractivity (Wildman–Crippen MR) is 93.4 cm³/mol. The maximum Gasteiger partial charge on any atom is 1.00 e. The maximum atomic E-state index is 7.50. The van der Waals surface area contributed by atoms with E-state index in [1.54, 1.807) is 24.8 Å². The third-order valence-corrected chi connectivity index (χ3v) is 2.78. The molecule has 1 radical (unpaired) electrons. The van der Waals surface area contributed by atoms with Crippen LogP contribution >= 0.6 is 0 Å². The minimum atomic E-state index is 0. The minimum Gasteiger partial charge on any atom is -0.574 e. The van der Waals surface area contributed by atoms with Crippen molar-refractivity contribution in [1.82, 2.24) is 30.4 Å². The summed E-state index contributed by atoms with van der Waals surface area (Å²) in [6.45, 7) is 13.5. The van der Waals surface area contributed by atoms with Crippen LogP contribution < -0.4 is 39.8 Å². The van der Waals surface area contributed by atoms with E-state index in [0.717, 1.165) is 22.8 Å². The Balaban J connectivity index is -0.000000370. The van der Waals surface area contributed by atoms with Crippen LogP contribution in [0.25, 0.3) is 22.8 Å². The van der Waals surface area contributed by atoms with Crippen LogP contribution in [0, 0.1) is 20.0 Å². The van der Waals surface area contributed by atoms with Crippen LogP contribution in [0.5, 0.6) is 0 Å². The Morgan fingerprint density at radius 1 is 0.567 bits per heavy atom. The number of hydrogen-bond donors (Lipinski definition) is 0. The van der Waals surface area contributed by atoms with Crippen LogP contribution in [0.15, 0.2) is 73.3 Å². The molecule has 11 heteroatoms. The van der Waals surface area contributed by atoms with E-state index >= 15 is 0 Å². The number of aromatic nitrogens is 6. The van der Waals surface area contributed by atoms with E-state index < -0.39 is 0 Å². The van der Waals surface area contributed by atoms with Gasteiger partial charge < -0.3 is 20.4 Å². The molecule has 0 saturated heterocycles. The summed E-state index contributed by atoms with van der Waals surface area (Å²) in [7, 11) is 0. The molecule has 0 bridgehead atoms. The van der Waals surface area contributed by atoms with Crippen LogP contribution in [0.3, 0.4) is 0 Å². The first-order valence-electron chi connectivity index (χ1n) is 7.26. The monoisotopic (exact) mass is 450 g/mol. The van der Waals surface area contributed by atoms with E-state index in [0.29, 0.717) is 0 Å². The van der Waals surface area contributed by atoms with Crippen molar-refractivity contribution < 1.29 is 60.6 Å². The number of hydrogen-bond acceptors (Lipinski definition) is 4. The Labute approximate surface area is 206 Å². The smallest absolute Gasteiger partial charge is 0.574 e. The zero-order chi connectivity index (χ0) is 21.0. The van der Waals surface area contributed by atoms with Crippen LogP contribution in [0.1, 0.15) is 0 Å². The van der Waals surface area contributed by atoms with Crippen LogP contribution in [-0.4, -0.2) is 20.2 Å². The first kappa shape index (κ1) is 32.1. The molecule has 4 aromatic heterocycles. The van der Waals surface area contributed by atoms with Gasteiger partial charge in [0.1, 0.15) is 0 Å². The van der Waals surface area contributed by atoms with E-state index in [-0.39, 0.29) is 46.6 Å². The van der Waals surface area contributed by atoms with Gasteiger partial charge in [0.25, 0.3) is 0 Å². The second-order valence-electron chi connectivity index (χ2n) is 4.26. The van der Waals surface area contributed by atoms with E-state index in [2.05, 4.69) is 50.3 Å². The Morgan fingerprint density at radius 2 is 0.933 bits per heavy atom. The van der Waals surface area contributed by atoms with Crippen molar-refractivity contribution in [3.63, 3.8) is 0 Å². The summed E-state index contributed by atoms with van der Waals surface area (Å²) in [5, 5.41) is 15.2. The standard InChI is InChI=1S/2C8H6N3.3CO.Mn.Na/c2*1-2-5-9-7(3-1)8-4-6-10-11-8;3*1-2;;/h2*1-6H;;;;;/q2*-1;;;;;+1. The summed E-state index contributed by atoms with van der Waals surface area (Å²) in [5.41, 5.74) is 3.38. The summed E-state index contributed by atoms with van der Waals surface area (Å²) in [6.07, 6.45) is 6.79. The van der Waals surface area contributed by atoms with Crippen molar-refractivity contribution in [2.75, 3.05) is 0 Å². The van der Waals surface area contributed by atoms with E-state index in [4.69, 9.17) is 14.0 Å². The molecule has 0 amide bonds. The molecule has 4 aromatic rings. The van der Waals surface area contributed by atoms with E-state index in [9.17, 15) is 0 Å². The third-order valence-electron chi connectivity index (χ3n) is 2.78. The maximum absolute atomic E-state index is 7.50. The van der Waals surface area contributed by atoms with Crippen LogP contribution in [0.2, 0.25) is 0 Å². The largest absolute Gasteiger partial charge is 1.00 e. The molecule has 0 aliphatic heterocycles. The zero-order valence-electron chi connectivity index (χ0n) is 15.7. The third kappa shape index (κ3) is 12.1. The SMILES string of the molecule is [C-]#[O+].[C-]#[O+].[C-]#[O+].[Mn].[Na+].c1ccc(-c2ccn[n-]2)nc1.c1ccc(-c2ccn[n-]2)nc1. The summed E-state index contributed by atoms with van der Waals surface area (Å²) in [4.78, 5) is 8.24. The average Bonchev–Trinajstić information content (AvgIpc) is 3.54. The predicted octanol–water partition coefficient (Wildman–Crippen LogP) is -0.909. The molecule has 9 nitrogen and oxygen atoms in total. The van der Waals surface area contributed by atoms with Gasteiger partial charge in [0.15, 0.2) is 0 Å². The number of rotatable bonds is 2. The molecule has 0 aromatic carbocycles. The molecule has 145 valence electrons. The van der Waals surface area contributed by atoms with Crippen molar-refractivity contribution in [2.45, 2.75) is 0 Å². The second kappa shape index (κ2) is 22.7. The fraction of sp³-hybridized carbons (Fsp3) is 0. The molecule has 0 aliphatic rings. The molecule has 30 heavy (non-hydrogen) atoms. The van der Waals surface area contributed by atoms with Gasteiger partial charge in [-0.05, 0) is 24.3 Å². The average molecular weight is 450 g/mol. The fourth-order valence-corrected chi connectivity index (χ4v) is 1.77. The summed E-state index contributed by atoms with van der Waals surface area (Å²) >= 11 is 0. The van der Waals surface area contributed by atoms with Gasteiger partial charge in [-0.3, -0.25) is 9.97 Å². The number of nitrogens with zero attached hydrogens (tertiary/aromatic N) is 6. The second-order valence-corrected chi connectivity index (χ2v) is 4.26. The van der Waals surface area contributed by atoms with Crippen LogP contribution in [0.4, 0.5) is 0 Å². The van der Waals surface area contributed by atoms with E-state index in [1.165, 1.54) is 0 Å². The molecule has 0 aliphatic carbocycles. The molecule has 0 saturated carbocycles. The van der Waals surface area contributed by atoms with Gasteiger partial charge in [-0.15, -0.1) is 0 Å². The zero-order valence-corrected chi connectivity index (χ0v) is 18.9. The molecule has 4 rings (SSSR count). The van der Waals surface area contributed by atoms with E-state index in [1.807, 2.05) is 48.5 Å². The van der Waals surface area contributed by atoms with Crippen molar-refractivity contribution in [3.05, 3.63) is 93.3 Å². The molecule has 0 unspecified atom stereocenters. The Hall–Kier alpha value is -2.54. The normalized spacial score (nSPS) is 7.40.